The fourth-order valence-corrected chi connectivity index (χ4v) is 2.01. The van der Waals surface area contributed by atoms with Crippen LogP contribution in [0.15, 0.2) is 29.1 Å². The second-order valence-corrected chi connectivity index (χ2v) is 4.86. The Labute approximate surface area is 120 Å². The van der Waals surface area contributed by atoms with Crippen LogP contribution in [-0.4, -0.2) is 16.0 Å². The fraction of sp³-hybridized carbons (Fsp3) is 0.200. The third kappa shape index (κ3) is 2.60. The van der Waals surface area contributed by atoms with Gasteiger partial charge in [0.15, 0.2) is 0 Å². The zero-order valence-corrected chi connectivity index (χ0v) is 11.1. The second kappa shape index (κ2) is 5.10. The number of rotatable bonds is 3. The number of H-pyrrole nitrogens is 1. The van der Waals surface area contributed by atoms with E-state index in [0.717, 1.165) is 12.8 Å². The number of nitriles is 2. The average Bonchev–Trinajstić information content (AvgIpc) is 3.30. The lowest BCUT2D eigenvalue weighted by Gasteiger charge is -2.08. The SMILES string of the molecule is N#Cc1cccc(-c2nc(NC3CC3)[nH]c(=O)c2C#N)c1. The minimum atomic E-state index is -0.479. The summed E-state index contributed by atoms with van der Waals surface area (Å²) in [6, 6.07) is 10.9. The fourth-order valence-electron chi connectivity index (χ4n) is 2.01. The summed E-state index contributed by atoms with van der Waals surface area (Å²) in [4.78, 5) is 18.9. The van der Waals surface area contributed by atoms with Gasteiger partial charge in [0.25, 0.3) is 5.56 Å². The molecule has 1 aliphatic carbocycles. The van der Waals surface area contributed by atoms with Crippen LogP contribution in [0.4, 0.5) is 5.95 Å². The van der Waals surface area contributed by atoms with Crippen LogP contribution in [0, 0.1) is 22.7 Å². The van der Waals surface area contributed by atoms with Crippen LogP contribution in [0.1, 0.15) is 24.0 Å². The van der Waals surface area contributed by atoms with Gasteiger partial charge in [0.05, 0.1) is 17.3 Å². The summed E-state index contributed by atoms with van der Waals surface area (Å²) in [6.07, 6.45) is 2.09. The molecule has 6 heteroatoms. The van der Waals surface area contributed by atoms with Crippen molar-refractivity contribution in [2.24, 2.45) is 0 Å². The maximum Gasteiger partial charge on any atom is 0.270 e. The molecule has 0 aliphatic heterocycles. The highest BCUT2D eigenvalue weighted by Crippen LogP contribution is 2.25. The minimum Gasteiger partial charge on any atom is -0.353 e. The number of aromatic nitrogens is 2. The summed E-state index contributed by atoms with van der Waals surface area (Å²) >= 11 is 0. The molecular formula is C15H11N5O. The number of benzene rings is 1. The molecule has 21 heavy (non-hydrogen) atoms. The minimum absolute atomic E-state index is 0.0496. The molecule has 0 spiro atoms. The van der Waals surface area contributed by atoms with E-state index in [9.17, 15) is 10.1 Å². The monoisotopic (exact) mass is 277 g/mol. The van der Waals surface area contributed by atoms with Gasteiger partial charge in [-0.2, -0.15) is 10.5 Å². The summed E-state index contributed by atoms with van der Waals surface area (Å²) in [6.45, 7) is 0. The van der Waals surface area contributed by atoms with Gasteiger partial charge in [0.1, 0.15) is 11.6 Å². The Morgan fingerprint density at radius 3 is 2.76 bits per heavy atom. The number of nitrogens with zero attached hydrogens (tertiary/aromatic N) is 3. The molecule has 0 saturated heterocycles. The van der Waals surface area contributed by atoms with E-state index in [-0.39, 0.29) is 5.56 Å². The van der Waals surface area contributed by atoms with Crippen molar-refractivity contribution >= 4 is 5.95 Å². The van der Waals surface area contributed by atoms with Crippen LogP contribution < -0.4 is 10.9 Å². The number of nitrogens with one attached hydrogen (secondary N) is 2. The highest BCUT2D eigenvalue weighted by molar-refractivity contribution is 5.68. The molecule has 0 atom stereocenters. The lowest BCUT2D eigenvalue weighted by Crippen LogP contribution is -2.18. The molecule has 1 fully saturated rings. The maximum absolute atomic E-state index is 12.0. The van der Waals surface area contributed by atoms with Crippen molar-refractivity contribution in [2.45, 2.75) is 18.9 Å². The van der Waals surface area contributed by atoms with E-state index < -0.39 is 5.56 Å². The first kappa shape index (κ1) is 12.9. The molecule has 6 nitrogen and oxygen atoms in total. The molecule has 1 heterocycles. The largest absolute Gasteiger partial charge is 0.353 e. The molecule has 0 bridgehead atoms. The average molecular weight is 277 g/mol. The Morgan fingerprint density at radius 1 is 1.29 bits per heavy atom. The summed E-state index contributed by atoms with van der Waals surface area (Å²) < 4.78 is 0. The first-order chi connectivity index (χ1) is 10.2. The molecule has 2 N–H and O–H groups in total. The van der Waals surface area contributed by atoms with Gasteiger partial charge in [-0.25, -0.2) is 4.98 Å². The van der Waals surface area contributed by atoms with Crippen molar-refractivity contribution in [3.8, 4) is 23.4 Å². The maximum atomic E-state index is 12.0. The van der Waals surface area contributed by atoms with Gasteiger partial charge in [0, 0.05) is 11.6 Å². The van der Waals surface area contributed by atoms with Gasteiger partial charge in [0.2, 0.25) is 5.95 Å². The Hall–Kier alpha value is -3.12. The van der Waals surface area contributed by atoms with Gasteiger partial charge in [-0.1, -0.05) is 12.1 Å². The van der Waals surface area contributed by atoms with Crippen molar-refractivity contribution in [1.29, 1.82) is 10.5 Å². The van der Waals surface area contributed by atoms with Crippen LogP contribution in [0.5, 0.6) is 0 Å². The first-order valence-corrected chi connectivity index (χ1v) is 6.53. The second-order valence-electron chi connectivity index (χ2n) is 4.86. The Balaban J connectivity index is 2.14. The van der Waals surface area contributed by atoms with Gasteiger partial charge in [-0.3, -0.25) is 9.78 Å². The molecule has 0 amide bonds. The van der Waals surface area contributed by atoms with Crippen LogP contribution in [-0.2, 0) is 0 Å². The van der Waals surface area contributed by atoms with E-state index in [4.69, 9.17) is 5.26 Å². The molecule has 1 aromatic carbocycles. The topological polar surface area (TPSA) is 105 Å². The Kier molecular flexibility index (Phi) is 3.13. The van der Waals surface area contributed by atoms with E-state index in [1.807, 2.05) is 12.1 Å². The third-order valence-electron chi connectivity index (χ3n) is 3.21. The lowest BCUT2D eigenvalue weighted by molar-refractivity contribution is 1.03. The Bertz CT molecular complexity index is 836. The third-order valence-corrected chi connectivity index (χ3v) is 3.21. The molecule has 0 radical (unpaired) electrons. The number of anilines is 1. The van der Waals surface area contributed by atoms with Gasteiger partial charge < -0.3 is 5.32 Å². The van der Waals surface area contributed by atoms with Crippen LogP contribution in [0.2, 0.25) is 0 Å². The lowest BCUT2D eigenvalue weighted by atomic mass is 10.1. The van der Waals surface area contributed by atoms with Crippen molar-refractivity contribution in [3.63, 3.8) is 0 Å². The van der Waals surface area contributed by atoms with Crippen LogP contribution in [0.3, 0.4) is 0 Å². The van der Waals surface area contributed by atoms with E-state index >= 15 is 0 Å². The summed E-state index contributed by atoms with van der Waals surface area (Å²) in [5, 5.41) is 21.2. The molecule has 1 aromatic heterocycles. The smallest absolute Gasteiger partial charge is 0.270 e. The van der Waals surface area contributed by atoms with Crippen molar-refractivity contribution in [1.82, 2.24) is 9.97 Å². The highest BCUT2D eigenvalue weighted by Gasteiger charge is 2.23. The van der Waals surface area contributed by atoms with E-state index in [0.29, 0.717) is 28.8 Å². The molecule has 2 aromatic rings. The van der Waals surface area contributed by atoms with Crippen molar-refractivity contribution < 1.29 is 0 Å². The van der Waals surface area contributed by atoms with E-state index in [2.05, 4.69) is 15.3 Å². The summed E-state index contributed by atoms with van der Waals surface area (Å²) in [7, 11) is 0. The molecule has 1 aliphatic rings. The highest BCUT2D eigenvalue weighted by atomic mass is 16.1. The van der Waals surface area contributed by atoms with E-state index in [1.54, 1.807) is 24.3 Å². The molecule has 1 saturated carbocycles. The Morgan fingerprint density at radius 2 is 2.10 bits per heavy atom. The number of hydrogen-bond acceptors (Lipinski definition) is 5. The van der Waals surface area contributed by atoms with E-state index in [1.165, 1.54) is 0 Å². The van der Waals surface area contributed by atoms with Gasteiger partial charge in [-0.15, -0.1) is 0 Å². The van der Waals surface area contributed by atoms with Gasteiger partial charge >= 0.3 is 0 Å². The molecular weight excluding hydrogens is 266 g/mol. The molecule has 0 unspecified atom stereocenters. The van der Waals surface area contributed by atoms with Crippen molar-refractivity contribution in [3.05, 3.63) is 45.7 Å². The predicted molar refractivity (Wildman–Crippen MR) is 76.4 cm³/mol. The number of hydrogen-bond donors (Lipinski definition) is 2. The summed E-state index contributed by atoms with van der Waals surface area (Å²) in [5.74, 6) is 0.360. The standard InChI is InChI=1S/C15H11N5O/c16-7-9-2-1-3-10(6-9)13-12(8-17)14(21)20-15(19-13)18-11-4-5-11/h1-3,6,11H,4-5H2,(H2,18,19,20,21). The zero-order chi connectivity index (χ0) is 14.8. The summed E-state index contributed by atoms with van der Waals surface area (Å²) in [5.41, 5.74) is 0.798. The molecule has 3 rings (SSSR count). The van der Waals surface area contributed by atoms with Crippen molar-refractivity contribution in [2.75, 3.05) is 5.32 Å². The predicted octanol–water partition coefficient (Wildman–Crippen LogP) is 1.75. The zero-order valence-electron chi connectivity index (χ0n) is 11.1. The number of aromatic amines is 1. The van der Waals surface area contributed by atoms with Crippen LogP contribution >= 0.6 is 0 Å². The van der Waals surface area contributed by atoms with Gasteiger partial charge in [-0.05, 0) is 25.0 Å². The normalized spacial score (nSPS) is 13.2. The van der Waals surface area contributed by atoms with Crippen LogP contribution in [0.25, 0.3) is 11.3 Å². The quantitative estimate of drug-likeness (QED) is 0.889. The molecule has 102 valence electrons. The first-order valence-electron chi connectivity index (χ1n) is 6.53.